The van der Waals surface area contributed by atoms with Crippen LogP contribution < -0.4 is 4.74 Å². The Kier molecular flexibility index (Phi) is 5.94. The molecule has 2 heterocycles. The van der Waals surface area contributed by atoms with Crippen LogP contribution in [0, 0.1) is 5.92 Å². The first-order chi connectivity index (χ1) is 12.6. The summed E-state index contributed by atoms with van der Waals surface area (Å²) in [4.78, 5) is 28.7. The van der Waals surface area contributed by atoms with Gasteiger partial charge in [0.05, 0.1) is 12.3 Å². The Hall–Kier alpha value is -1.91. The van der Waals surface area contributed by atoms with Crippen LogP contribution in [-0.2, 0) is 27.2 Å². The maximum Gasteiger partial charge on any atom is 0.313 e. The second-order valence-electron chi connectivity index (χ2n) is 7.44. The van der Waals surface area contributed by atoms with Gasteiger partial charge in [0.1, 0.15) is 23.6 Å². The topological polar surface area (TPSA) is 65.5 Å². The van der Waals surface area contributed by atoms with Crippen LogP contribution in [0.15, 0.2) is 12.3 Å². The number of ether oxygens (including phenoxy) is 2. The van der Waals surface area contributed by atoms with Crippen LogP contribution in [0.5, 0.6) is 5.75 Å². The molecule has 5 heteroatoms. The summed E-state index contributed by atoms with van der Waals surface area (Å²) in [5.74, 6) is 0.801. The monoisotopic (exact) mass is 359 g/mol. The molecule has 0 radical (unpaired) electrons. The van der Waals surface area contributed by atoms with Crippen molar-refractivity contribution in [3.05, 3.63) is 23.5 Å². The highest BCUT2D eigenvalue weighted by Crippen LogP contribution is 2.44. The van der Waals surface area contributed by atoms with Crippen molar-refractivity contribution >= 4 is 11.8 Å². The van der Waals surface area contributed by atoms with Crippen molar-refractivity contribution in [2.75, 3.05) is 6.61 Å². The molecule has 26 heavy (non-hydrogen) atoms. The molecule has 0 bridgehead atoms. The van der Waals surface area contributed by atoms with Crippen LogP contribution in [0.25, 0.3) is 0 Å². The number of ketones is 1. The second kappa shape index (κ2) is 8.19. The van der Waals surface area contributed by atoms with Crippen LogP contribution in [0.4, 0.5) is 0 Å². The van der Waals surface area contributed by atoms with Crippen molar-refractivity contribution in [1.29, 1.82) is 0 Å². The zero-order valence-electron chi connectivity index (χ0n) is 15.9. The van der Waals surface area contributed by atoms with Gasteiger partial charge in [-0.05, 0) is 56.6 Å². The zero-order chi connectivity index (χ0) is 18.6. The molecule has 2 aliphatic rings. The molecule has 2 fully saturated rings. The van der Waals surface area contributed by atoms with E-state index in [0.29, 0.717) is 25.4 Å². The van der Waals surface area contributed by atoms with E-state index >= 15 is 0 Å². The average molecular weight is 359 g/mol. The number of aromatic nitrogens is 1. The Morgan fingerprint density at radius 1 is 1.27 bits per heavy atom. The molecule has 5 nitrogen and oxygen atoms in total. The highest BCUT2D eigenvalue weighted by atomic mass is 16.6. The molecule has 3 rings (SSSR count). The van der Waals surface area contributed by atoms with Crippen molar-refractivity contribution in [3.63, 3.8) is 0 Å². The predicted molar refractivity (Wildman–Crippen MR) is 98.1 cm³/mol. The fourth-order valence-electron chi connectivity index (χ4n) is 4.53. The molecule has 1 saturated heterocycles. The van der Waals surface area contributed by atoms with Gasteiger partial charge in [-0.15, -0.1) is 0 Å². The minimum atomic E-state index is -0.637. The molecular weight excluding hydrogens is 330 g/mol. The highest BCUT2D eigenvalue weighted by Gasteiger charge is 2.47. The Labute approximate surface area is 155 Å². The van der Waals surface area contributed by atoms with Gasteiger partial charge in [0.15, 0.2) is 0 Å². The molecule has 0 aromatic carbocycles. The molecule has 1 saturated carbocycles. The first-order valence-corrected chi connectivity index (χ1v) is 9.91. The number of nitrogens with zero attached hydrogens (tertiary/aromatic N) is 1. The van der Waals surface area contributed by atoms with Gasteiger partial charge in [0, 0.05) is 12.6 Å². The van der Waals surface area contributed by atoms with Gasteiger partial charge in [-0.1, -0.05) is 19.8 Å². The zero-order valence-corrected chi connectivity index (χ0v) is 15.9. The maximum absolute atomic E-state index is 12.2. The fraction of sp³-hybridized carbons (Fsp3) is 0.667. The summed E-state index contributed by atoms with van der Waals surface area (Å²) in [7, 11) is 0. The van der Waals surface area contributed by atoms with E-state index in [1.807, 2.05) is 19.2 Å². The minimum absolute atomic E-state index is 0.0159. The van der Waals surface area contributed by atoms with Crippen LogP contribution in [0.2, 0.25) is 0 Å². The Bertz CT molecular complexity index is 648. The molecule has 1 aliphatic carbocycles. The molecule has 0 N–H and O–H groups in total. The molecule has 0 spiro atoms. The van der Waals surface area contributed by atoms with Crippen molar-refractivity contribution < 1.29 is 19.1 Å². The summed E-state index contributed by atoms with van der Waals surface area (Å²) < 4.78 is 11.8. The van der Waals surface area contributed by atoms with Crippen LogP contribution in [0.1, 0.15) is 70.1 Å². The van der Waals surface area contributed by atoms with E-state index in [1.165, 1.54) is 0 Å². The molecule has 1 aromatic rings. The third-order valence-electron chi connectivity index (χ3n) is 5.76. The van der Waals surface area contributed by atoms with Crippen molar-refractivity contribution in [1.82, 2.24) is 4.98 Å². The van der Waals surface area contributed by atoms with E-state index in [4.69, 9.17) is 9.47 Å². The van der Waals surface area contributed by atoms with Gasteiger partial charge in [0.2, 0.25) is 0 Å². The van der Waals surface area contributed by atoms with Gasteiger partial charge < -0.3 is 9.47 Å². The Morgan fingerprint density at radius 3 is 2.69 bits per heavy atom. The lowest BCUT2D eigenvalue weighted by atomic mass is 9.76. The van der Waals surface area contributed by atoms with E-state index in [1.54, 1.807) is 0 Å². The summed E-state index contributed by atoms with van der Waals surface area (Å²) in [5, 5.41) is 0. The average Bonchev–Trinajstić information content (AvgIpc) is 3.15. The fourth-order valence-corrected chi connectivity index (χ4v) is 4.53. The van der Waals surface area contributed by atoms with Crippen molar-refractivity contribution in [3.8, 4) is 5.75 Å². The number of cyclic esters (lactones) is 1. The van der Waals surface area contributed by atoms with Crippen LogP contribution in [0.3, 0.4) is 0 Å². The number of hydrogen-bond acceptors (Lipinski definition) is 5. The summed E-state index contributed by atoms with van der Waals surface area (Å²) in [6.45, 7) is 4.63. The molecule has 1 atom stereocenters. The Balaban J connectivity index is 1.84. The van der Waals surface area contributed by atoms with E-state index in [2.05, 4.69) is 11.9 Å². The standard InChI is InChI=1S/C21H29NO4/c1-3-18-20(25-4-2)15(10-12-22-18)9-11-21(16-7-5-6-8-16)14-17(23)13-19(24)26-21/h10,12,16H,3-9,11,13-14H2,1-2H3/t21-/m0/s1. The van der Waals surface area contributed by atoms with Crippen LogP contribution in [-0.4, -0.2) is 28.9 Å². The molecular formula is C21H29NO4. The van der Waals surface area contributed by atoms with Gasteiger partial charge in [-0.3, -0.25) is 14.6 Å². The van der Waals surface area contributed by atoms with E-state index in [-0.39, 0.29) is 18.2 Å². The first-order valence-electron chi connectivity index (χ1n) is 9.91. The Morgan fingerprint density at radius 2 is 2.04 bits per heavy atom. The largest absolute Gasteiger partial charge is 0.492 e. The smallest absolute Gasteiger partial charge is 0.313 e. The third-order valence-corrected chi connectivity index (χ3v) is 5.76. The molecule has 1 aromatic heterocycles. The van der Waals surface area contributed by atoms with Crippen LogP contribution >= 0.6 is 0 Å². The lowest BCUT2D eigenvalue weighted by molar-refractivity contribution is -0.178. The number of aryl methyl sites for hydroxylation is 2. The van der Waals surface area contributed by atoms with E-state index in [0.717, 1.165) is 55.5 Å². The number of pyridine rings is 1. The van der Waals surface area contributed by atoms with Gasteiger partial charge in [-0.2, -0.15) is 0 Å². The van der Waals surface area contributed by atoms with Crippen molar-refractivity contribution in [2.45, 2.75) is 77.2 Å². The summed E-state index contributed by atoms with van der Waals surface area (Å²) in [6, 6.07) is 1.99. The summed E-state index contributed by atoms with van der Waals surface area (Å²) in [5.41, 5.74) is 1.41. The minimum Gasteiger partial charge on any atom is -0.492 e. The number of hydrogen-bond donors (Lipinski definition) is 0. The number of esters is 1. The maximum atomic E-state index is 12.2. The van der Waals surface area contributed by atoms with Gasteiger partial charge in [-0.25, -0.2) is 0 Å². The summed E-state index contributed by atoms with van der Waals surface area (Å²) >= 11 is 0. The van der Waals surface area contributed by atoms with Gasteiger partial charge in [0.25, 0.3) is 0 Å². The SMILES string of the molecule is CCOc1c(CC[C@@]2(C3CCCC3)CC(=O)CC(=O)O2)ccnc1CC. The van der Waals surface area contributed by atoms with E-state index < -0.39 is 5.60 Å². The normalized spacial score (nSPS) is 23.9. The number of rotatable bonds is 7. The number of carbonyl (C=O) groups excluding carboxylic acids is 2. The lowest BCUT2D eigenvalue weighted by Gasteiger charge is -2.41. The second-order valence-corrected chi connectivity index (χ2v) is 7.44. The third kappa shape index (κ3) is 3.92. The van der Waals surface area contributed by atoms with E-state index in [9.17, 15) is 9.59 Å². The number of carbonyl (C=O) groups is 2. The van der Waals surface area contributed by atoms with Gasteiger partial charge >= 0.3 is 5.97 Å². The molecule has 0 unspecified atom stereocenters. The highest BCUT2D eigenvalue weighted by molar-refractivity contribution is 5.98. The first kappa shape index (κ1) is 18.9. The molecule has 142 valence electrons. The molecule has 0 amide bonds. The molecule has 1 aliphatic heterocycles. The predicted octanol–water partition coefficient (Wildman–Crippen LogP) is 3.81. The summed E-state index contributed by atoms with van der Waals surface area (Å²) in [6.07, 6.45) is 8.68. The lowest BCUT2D eigenvalue weighted by Crippen LogP contribution is -2.48. The number of Topliss-reactive ketones (excluding diaryl/α,β-unsaturated/α-hetero) is 1. The van der Waals surface area contributed by atoms with Crippen molar-refractivity contribution in [2.24, 2.45) is 5.92 Å². The quantitative estimate of drug-likeness (QED) is 0.547.